The first-order valence-corrected chi connectivity index (χ1v) is 8.75. The monoisotopic (exact) mass is 341 g/mol. The molecule has 6 heteroatoms. The summed E-state index contributed by atoms with van der Waals surface area (Å²) >= 11 is 0. The molecule has 3 N–H and O–H groups in total. The molecule has 0 spiro atoms. The van der Waals surface area contributed by atoms with Crippen molar-refractivity contribution in [3.05, 3.63) is 51.9 Å². The minimum atomic E-state index is -0.139. The molecule has 0 amide bonds. The third kappa shape index (κ3) is 4.39. The Kier molecular flexibility index (Phi) is 4.81. The number of aromatic amines is 1. The van der Waals surface area contributed by atoms with Crippen LogP contribution in [0.15, 0.2) is 35.1 Å². The Morgan fingerprint density at radius 1 is 1.12 bits per heavy atom. The van der Waals surface area contributed by atoms with E-state index in [9.17, 15) is 4.79 Å². The van der Waals surface area contributed by atoms with Crippen molar-refractivity contribution in [1.82, 2.24) is 14.9 Å². The average Bonchev–Trinajstić information content (AvgIpc) is 2.56. The second-order valence-electron chi connectivity index (χ2n) is 7.71. The third-order valence-electron chi connectivity index (χ3n) is 4.56. The van der Waals surface area contributed by atoms with Crippen molar-refractivity contribution in [2.75, 3.05) is 36.8 Å². The van der Waals surface area contributed by atoms with Gasteiger partial charge in [0.1, 0.15) is 0 Å². The van der Waals surface area contributed by atoms with Gasteiger partial charge in [-0.05, 0) is 17.7 Å². The topological polar surface area (TPSA) is 78.2 Å². The molecule has 2 aromatic rings. The van der Waals surface area contributed by atoms with Crippen molar-refractivity contribution in [2.45, 2.75) is 32.7 Å². The van der Waals surface area contributed by atoms with E-state index in [1.807, 2.05) is 12.1 Å². The largest absolute Gasteiger partial charge is 0.399 e. The number of aromatic nitrogens is 2. The molecule has 1 saturated heterocycles. The van der Waals surface area contributed by atoms with Crippen LogP contribution in [-0.2, 0) is 12.0 Å². The van der Waals surface area contributed by atoms with Crippen molar-refractivity contribution in [3.63, 3.8) is 0 Å². The summed E-state index contributed by atoms with van der Waals surface area (Å²) in [6, 6.07) is 9.64. The molecule has 25 heavy (non-hydrogen) atoms. The lowest BCUT2D eigenvalue weighted by atomic mass is 9.92. The zero-order chi connectivity index (χ0) is 18.0. The number of nitrogen functional groups attached to an aromatic ring is 1. The van der Waals surface area contributed by atoms with E-state index in [0.29, 0.717) is 5.95 Å². The van der Waals surface area contributed by atoms with E-state index in [0.717, 1.165) is 44.1 Å². The molecule has 1 aromatic carbocycles. The Labute approximate surface area is 148 Å². The molecule has 1 aromatic heterocycles. The number of hydrogen-bond acceptors (Lipinski definition) is 5. The second kappa shape index (κ2) is 6.88. The van der Waals surface area contributed by atoms with Gasteiger partial charge in [-0.2, -0.15) is 0 Å². The van der Waals surface area contributed by atoms with Gasteiger partial charge in [0.25, 0.3) is 5.56 Å². The number of nitrogens with zero attached hydrogens (tertiary/aromatic N) is 3. The summed E-state index contributed by atoms with van der Waals surface area (Å²) in [5.41, 5.74) is 8.41. The first-order valence-electron chi connectivity index (χ1n) is 8.75. The Morgan fingerprint density at radius 2 is 1.76 bits per heavy atom. The van der Waals surface area contributed by atoms with Crippen LogP contribution in [0.5, 0.6) is 0 Å². The van der Waals surface area contributed by atoms with Crippen LogP contribution in [0.3, 0.4) is 0 Å². The van der Waals surface area contributed by atoms with E-state index in [1.54, 1.807) is 6.07 Å². The fourth-order valence-electron chi connectivity index (χ4n) is 2.98. The summed E-state index contributed by atoms with van der Waals surface area (Å²) in [4.78, 5) is 24.1. The van der Waals surface area contributed by atoms with Gasteiger partial charge >= 0.3 is 0 Å². The Hall–Kier alpha value is -2.34. The zero-order valence-corrected chi connectivity index (χ0v) is 15.2. The quantitative estimate of drug-likeness (QED) is 0.835. The fourth-order valence-corrected chi connectivity index (χ4v) is 2.98. The predicted octanol–water partition coefficient (Wildman–Crippen LogP) is 1.97. The van der Waals surface area contributed by atoms with E-state index in [4.69, 9.17) is 5.73 Å². The summed E-state index contributed by atoms with van der Waals surface area (Å²) < 4.78 is 0. The molecule has 3 rings (SSSR count). The predicted molar refractivity (Wildman–Crippen MR) is 102 cm³/mol. The van der Waals surface area contributed by atoms with Crippen LogP contribution in [-0.4, -0.2) is 41.0 Å². The van der Waals surface area contributed by atoms with Crippen LogP contribution in [0.2, 0.25) is 0 Å². The first kappa shape index (κ1) is 17.5. The maximum absolute atomic E-state index is 12.0. The first-order chi connectivity index (χ1) is 11.8. The van der Waals surface area contributed by atoms with Gasteiger partial charge in [-0.25, -0.2) is 4.98 Å². The highest BCUT2D eigenvalue weighted by Gasteiger charge is 2.22. The molecule has 1 aliphatic heterocycles. The SMILES string of the molecule is CC(C)(C)c1cc(=O)[nH]c(N2CCN(Cc3ccc(N)cc3)CC2)n1. The summed E-state index contributed by atoms with van der Waals surface area (Å²) in [5, 5.41) is 0. The van der Waals surface area contributed by atoms with E-state index < -0.39 is 0 Å². The summed E-state index contributed by atoms with van der Waals surface area (Å²) in [6.45, 7) is 10.7. The van der Waals surface area contributed by atoms with Crippen molar-refractivity contribution in [3.8, 4) is 0 Å². The highest BCUT2D eigenvalue weighted by Crippen LogP contribution is 2.21. The number of rotatable bonds is 3. The van der Waals surface area contributed by atoms with Crippen LogP contribution in [0, 0.1) is 0 Å². The lowest BCUT2D eigenvalue weighted by Gasteiger charge is -2.35. The number of benzene rings is 1. The Bertz CT molecular complexity index is 768. The van der Waals surface area contributed by atoms with Crippen LogP contribution in [0.25, 0.3) is 0 Å². The van der Waals surface area contributed by atoms with Gasteiger partial charge in [-0.15, -0.1) is 0 Å². The van der Waals surface area contributed by atoms with E-state index in [-0.39, 0.29) is 11.0 Å². The highest BCUT2D eigenvalue weighted by atomic mass is 16.1. The van der Waals surface area contributed by atoms with Gasteiger partial charge in [-0.1, -0.05) is 32.9 Å². The second-order valence-corrected chi connectivity index (χ2v) is 7.71. The summed E-state index contributed by atoms with van der Waals surface area (Å²) in [7, 11) is 0. The number of nitrogens with two attached hydrogens (primary N) is 1. The molecule has 1 aliphatic rings. The van der Waals surface area contributed by atoms with Crippen LogP contribution >= 0.6 is 0 Å². The number of piperazine rings is 1. The van der Waals surface area contributed by atoms with Gasteiger partial charge in [0.2, 0.25) is 5.95 Å². The molecule has 0 atom stereocenters. The smallest absolute Gasteiger partial charge is 0.252 e. The summed E-state index contributed by atoms with van der Waals surface area (Å²) in [5.74, 6) is 0.685. The normalized spacial score (nSPS) is 16.2. The minimum Gasteiger partial charge on any atom is -0.399 e. The maximum Gasteiger partial charge on any atom is 0.252 e. The molecule has 134 valence electrons. The van der Waals surface area contributed by atoms with Gasteiger partial charge in [0, 0.05) is 49.9 Å². The number of nitrogens with one attached hydrogen (secondary N) is 1. The fraction of sp³-hybridized carbons (Fsp3) is 0.474. The van der Waals surface area contributed by atoms with Crippen LogP contribution in [0.1, 0.15) is 32.0 Å². The molecule has 0 unspecified atom stereocenters. The molecular weight excluding hydrogens is 314 g/mol. The zero-order valence-electron chi connectivity index (χ0n) is 15.2. The Balaban J connectivity index is 1.65. The standard InChI is InChI=1S/C19H27N5O/c1-19(2,3)16-12-17(25)22-18(21-16)24-10-8-23(9-11-24)13-14-4-6-15(20)7-5-14/h4-7,12H,8-11,13,20H2,1-3H3,(H,21,22,25). The number of hydrogen-bond donors (Lipinski definition) is 2. The van der Waals surface area contributed by atoms with Crippen molar-refractivity contribution in [2.24, 2.45) is 0 Å². The van der Waals surface area contributed by atoms with Gasteiger partial charge in [0.05, 0.1) is 5.69 Å². The molecular formula is C19H27N5O. The van der Waals surface area contributed by atoms with Crippen LogP contribution in [0.4, 0.5) is 11.6 Å². The molecule has 1 fully saturated rings. The molecule has 0 aliphatic carbocycles. The summed E-state index contributed by atoms with van der Waals surface area (Å²) in [6.07, 6.45) is 0. The van der Waals surface area contributed by atoms with E-state index >= 15 is 0 Å². The minimum absolute atomic E-state index is 0.0840. The van der Waals surface area contributed by atoms with Gasteiger partial charge in [0.15, 0.2) is 0 Å². The van der Waals surface area contributed by atoms with Crippen molar-refractivity contribution >= 4 is 11.6 Å². The highest BCUT2D eigenvalue weighted by molar-refractivity contribution is 5.39. The number of H-pyrrole nitrogens is 1. The number of anilines is 2. The van der Waals surface area contributed by atoms with Crippen molar-refractivity contribution in [1.29, 1.82) is 0 Å². The lowest BCUT2D eigenvalue weighted by Crippen LogP contribution is -2.47. The molecule has 2 heterocycles. The van der Waals surface area contributed by atoms with Crippen molar-refractivity contribution < 1.29 is 0 Å². The lowest BCUT2D eigenvalue weighted by molar-refractivity contribution is 0.248. The third-order valence-corrected chi connectivity index (χ3v) is 4.56. The van der Waals surface area contributed by atoms with Gasteiger partial charge in [-0.3, -0.25) is 14.7 Å². The maximum atomic E-state index is 12.0. The van der Waals surface area contributed by atoms with Gasteiger partial charge < -0.3 is 10.6 Å². The molecule has 0 radical (unpaired) electrons. The molecule has 0 bridgehead atoms. The van der Waals surface area contributed by atoms with Crippen LogP contribution < -0.4 is 16.2 Å². The van der Waals surface area contributed by atoms with E-state index in [2.05, 4.69) is 52.7 Å². The Morgan fingerprint density at radius 3 is 2.36 bits per heavy atom. The molecule has 0 saturated carbocycles. The molecule has 6 nitrogen and oxygen atoms in total. The average molecular weight is 341 g/mol. The van der Waals surface area contributed by atoms with E-state index in [1.165, 1.54) is 5.56 Å².